The molecule has 31 heavy (non-hydrogen) atoms. The summed E-state index contributed by atoms with van der Waals surface area (Å²) in [5.41, 5.74) is 4.02. The Morgan fingerprint density at radius 1 is 1.10 bits per heavy atom. The van der Waals surface area contributed by atoms with Crippen LogP contribution < -0.4 is 10.0 Å². The summed E-state index contributed by atoms with van der Waals surface area (Å²) in [6.07, 6.45) is 3.15. The van der Waals surface area contributed by atoms with E-state index in [0.29, 0.717) is 17.6 Å². The maximum absolute atomic E-state index is 12.8. The van der Waals surface area contributed by atoms with Gasteiger partial charge in [0.25, 0.3) is 0 Å². The van der Waals surface area contributed by atoms with Crippen LogP contribution in [0, 0.1) is 25.7 Å². The number of hydrogen-bond acceptors (Lipinski definition) is 6. The van der Waals surface area contributed by atoms with Gasteiger partial charge in [0.1, 0.15) is 15.9 Å². The smallest absolute Gasteiger partial charge is 0.242 e. The van der Waals surface area contributed by atoms with Crippen molar-refractivity contribution in [3.8, 4) is 0 Å². The van der Waals surface area contributed by atoms with Crippen LogP contribution in [0.1, 0.15) is 36.8 Å². The Morgan fingerprint density at radius 3 is 2.65 bits per heavy atom. The average molecular weight is 459 g/mol. The van der Waals surface area contributed by atoms with Crippen LogP contribution in [0.2, 0.25) is 0 Å². The minimum absolute atomic E-state index is 0.0393. The van der Waals surface area contributed by atoms with Crippen LogP contribution >= 0.6 is 11.7 Å². The molecule has 2 N–H and O–H groups in total. The van der Waals surface area contributed by atoms with Gasteiger partial charge in [-0.05, 0) is 74.8 Å². The summed E-state index contributed by atoms with van der Waals surface area (Å²) in [6, 6.07) is 11.0. The molecule has 1 aliphatic rings. The van der Waals surface area contributed by atoms with Crippen molar-refractivity contribution >= 4 is 44.4 Å². The number of aromatic nitrogens is 2. The Hall–Kier alpha value is -2.36. The maximum atomic E-state index is 12.8. The molecule has 1 amide bonds. The third kappa shape index (κ3) is 4.94. The molecule has 1 saturated carbocycles. The van der Waals surface area contributed by atoms with Crippen molar-refractivity contribution in [2.24, 2.45) is 11.8 Å². The number of aryl methyl sites for hydroxylation is 2. The molecule has 0 radical (unpaired) electrons. The highest BCUT2D eigenvalue weighted by Crippen LogP contribution is 2.30. The summed E-state index contributed by atoms with van der Waals surface area (Å²) < 4.78 is 36.5. The first-order chi connectivity index (χ1) is 14.8. The quantitative estimate of drug-likeness (QED) is 0.581. The van der Waals surface area contributed by atoms with E-state index in [4.69, 9.17) is 0 Å². The number of fused-ring (bicyclic) bond motifs is 1. The molecule has 4 rings (SSSR count). The Balaban J connectivity index is 1.31. The zero-order valence-electron chi connectivity index (χ0n) is 17.6. The molecule has 1 aliphatic carbocycles. The summed E-state index contributed by atoms with van der Waals surface area (Å²) in [5.74, 6) is 0.227. The van der Waals surface area contributed by atoms with Crippen molar-refractivity contribution in [3.05, 3.63) is 47.5 Å². The van der Waals surface area contributed by atoms with E-state index in [1.54, 1.807) is 18.2 Å². The number of carbonyl (C=O) groups excluding carboxylic acids is 1. The number of nitrogens with one attached hydrogen (secondary N) is 2. The van der Waals surface area contributed by atoms with Crippen molar-refractivity contribution in [2.45, 2.75) is 44.4 Å². The van der Waals surface area contributed by atoms with E-state index < -0.39 is 10.0 Å². The maximum Gasteiger partial charge on any atom is 0.242 e. The molecule has 2 aromatic carbocycles. The standard InChI is InChI=1S/C22H26N4O3S2/c1-14-6-7-15(2)19(12-14)24-22(27)17-10-8-16(9-11-17)13-23-31(28,29)20-5-3-4-18-21(20)26-30-25-18/h3-7,12,16-17,23H,8-11,13H2,1-2H3,(H,24,27). The van der Waals surface area contributed by atoms with E-state index in [-0.39, 0.29) is 22.6 Å². The number of sulfonamides is 1. The van der Waals surface area contributed by atoms with E-state index in [1.807, 2.05) is 32.0 Å². The second-order valence-corrected chi connectivity index (χ2v) is 10.5. The number of amides is 1. The first-order valence-corrected chi connectivity index (χ1v) is 12.6. The van der Waals surface area contributed by atoms with Crippen molar-refractivity contribution in [1.82, 2.24) is 13.5 Å². The Labute approximate surface area is 186 Å². The van der Waals surface area contributed by atoms with Gasteiger partial charge in [0, 0.05) is 18.2 Å². The number of nitrogens with zero attached hydrogens (tertiary/aromatic N) is 2. The Kier molecular flexibility index (Phi) is 6.36. The number of anilines is 1. The molecule has 1 aromatic heterocycles. The molecule has 0 atom stereocenters. The van der Waals surface area contributed by atoms with Gasteiger partial charge >= 0.3 is 0 Å². The van der Waals surface area contributed by atoms with Gasteiger partial charge in [0.05, 0.1) is 11.7 Å². The van der Waals surface area contributed by atoms with Crippen LogP contribution in [0.4, 0.5) is 5.69 Å². The molecule has 0 saturated heterocycles. The van der Waals surface area contributed by atoms with Gasteiger partial charge < -0.3 is 5.32 Å². The minimum atomic E-state index is -3.66. The van der Waals surface area contributed by atoms with Gasteiger partial charge in [0.15, 0.2) is 0 Å². The zero-order chi connectivity index (χ0) is 22.0. The number of hydrogen-bond donors (Lipinski definition) is 2. The van der Waals surface area contributed by atoms with Crippen LogP contribution in [0.3, 0.4) is 0 Å². The third-order valence-electron chi connectivity index (χ3n) is 5.97. The lowest BCUT2D eigenvalue weighted by molar-refractivity contribution is -0.121. The molecular formula is C22H26N4O3S2. The number of rotatable bonds is 6. The molecule has 3 aromatic rings. The van der Waals surface area contributed by atoms with E-state index in [0.717, 1.165) is 54.2 Å². The molecule has 1 fully saturated rings. The van der Waals surface area contributed by atoms with Gasteiger partial charge in [-0.1, -0.05) is 18.2 Å². The van der Waals surface area contributed by atoms with Crippen LogP contribution in [0.5, 0.6) is 0 Å². The van der Waals surface area contributed by atoms with Gasteiger partial charge in [-0.15, -0.1) is 0 Å². The summed E-state index contributed by atoms with van der Waals surface area (Å²) in [4.78, 5) is 12.9. The summed E-state index contributed by atoms with van der Waals surface area (Å²) in [6.45, 7) is 4.36. The van der Waals surface area contributed by atoms with Crippen LogP contribution in [-0.4, -0.2) is 29.6 Å². The number of benzene rings is 2. The third-order valence-corrected chi connectivity index (χ3v) is 7.97. The Morgan fingerprint density at radius 2 is 1.87 bits per heavy atom. The minimum Gasteiger partial charge on any atom is -0.326 e. The highest BCUT2D eigenvalue weighted by Gasteiger charge is 2.28. The first kappa shape index (κ1) is 21.9. The van der Waals surface area contributed by atoms with E-state index >= 15 is 0 Å². The largest absolute Gasteiger partial charge is 0.326 e. The van der Waals surface area contributed by atoms with Crippen molar-refractivity contribution in [3.63, 3.8) is 0 Å². The average Bonchev–Trinajstić information content (AvgIpc) is 3.24. The molecule has 164 valence electrons. The lowest BCUT2D eigenvalue weighted by Gasteiger charge is -2.28. The molecular weight excluding hydrogens is 432 g/mol. The number of carbonyl (C=O) groups is 1. The molecule has 1 heterocycles. The van der Waals surface area contributed by atoms with Crippen LogP contribution in [-0.2, 0) is 14.8 Å². The lowest BCUT2D eigenvalue weighted by atomic mass is 9.81. The summed E-state index contributed by atoms with van der Waals surface area (Å²) in [5, 5.41) is 3.07. The molecule has 7 nitrogen and oxygen atoms in total. The predicted molar refractivity (Wildman–Crippen MR) is 123 cm³/mol. The lowest BCUT2D eigenvalue weighted by Crippen LogP contribution is -2.33. The van der Waals surface area contributed by atoms with Crippen molar-refractivity contribution in [1.29, 1.82) is 0 Å². The highest BCUT2D eigenvalue weighted by molar-refractivity contribution is 7.89. The predicted octanol–water partition coefficient (Wildman–Crippen LogP) is 4.03. The first-order valence-electron chi connectivity index (χ1n) is 10.4. The molecule has 0 aliphatic heterocycles. The Bertz CT molecular complexity index is 1200. The summed E-state index contributed by atoms with van der Waals surface area (Å²) in [7, 11) is -3.66. The SMILES string of the molecule is Cc1ccc(C)c(NC(=O)C2CCC(CNS(=O)(=O)c3cccc4nsnc34)CC2)c1. The van der Waals surface area contributed by atoms with Gasteiger partial charge in [0.2, 0.25) is 15.9 Å². The fraction of sp³-hybridized carbons (Fsp3) is 0.409. The van der Waals surface area contributed by atoms with E-state index in [1.165, 1.54) is 0 Å². The molecule has 0 unspecified atom stereocenters. The fourth-order valence-corrected chi connectivity index (χ4v) is 5.92. The van der Waals surface area contributed by atoms with Gasteiger partial charge in [-0.3, -0.25) is 4.79 Å². The van der Waals surface area contributed by atoms with Crippen LogP contribution in [0.15, 0.2) is 41.3 Å². The molecule has 9 heteroatoms. The second-order valence-electron chi connectivity index (χ2n) is 8.27. The monoisotopic (exact) mass is 458 g/mol. The van der Waals surface area contributed by atoms with Crippen molar-refractivity contribution in [2.75, 3.05) is 11.9 Å². The molecule has 0 spiro atoms. The normalized spacial score (nSPS) is 19.4. The molecule has 0 bridgehead atoms. The topological polar surface area (TPSA) is 101 Å². The van der Waals surface area contributed by atoms with Crippen molar-refractivity contribution < 1.29 is 13.2 Å². The van der Waals surface area contributed by atoms with E-state index in [9.17, 15) is 13.2 Å². The van der Waals surface area contributed by atoms with Crippen LogP contribution in [0.25, 0.3) is 11.0 Å². The van der Waals surface area contributed by atoms with Gasteiger partial charge in [-0.2, -0.15) is 8.75 Å². The zero-order valence-corrected chi connectivity index (χ0v) is 19.2. The van der Waals surface area contributed by atoms with Gasteiger partial charge in [-0.25, -0.2) is 13.1 Å². The summed E-state index contributed by atoms with van der Waals surface area (Å²) >= 11 is 1.00. The second kappa shape index (κ2) is 9.02. The fourth-order valence-electron chi connectivity index (χ4n) is 4.04. The van der Waals surface area contributed by atoms with E-state index in [2.05, 4.69) is 18.8 Å². The highest BCUT2D eigenvalue weighted by atomic mass is 32.2.